The average molecular weight is 948 g/mol. The van der Waals surface area contributed by atoms with Gasteiger partial charge in [-0.05, 0) is 71.6 Å². The van der Waals surface area contributed by atoms with E-state index in [2.05, 4.69) is 41.7 Å². The molecule has 1 aromatic heterocycles. The van der Waals surface area contributed by atoms with Gasteiger partial charge >= 0.3 is 0 Å². The summed E-state index contributed by atoms with van der Waals surface area (Å²) in [6.07, 6.45) is 2.94. The second-order valence-corrected chi connectivity index (χ2v) is 17.2. The Morgan fingerprint density at radius 1 is 0.681 bits per heavy atom. The van der Waals surface area contributed by atoms with E-state index in [-0.39, 0.29) is 56.3 Å². The molecule has 69 heavy (non-hydrogen) atoms. The molecule has 6 rings (SSSR count). The zero-order chi connectivity index (χ0) is 48.6. The molecule has 16 nitrogen and oxygen atoms in total. The number of benzene rings is 4. The predicted molar refractivity (Wildman–Crippen MR) is 263 cm³/mol. The van der Waals surface area contributed by atoms with Crippen molar-refractivity contribution in [2.45, 2.75) is 65.6 Å². The number of nitrogens with two attached hydrogens (primary N) is 1. The van der Waals surface area contributed by atoms with E-state index in [1.54, 1.807) is 11.5 Å². The Morgan fingerprint density at radius 2 is 1.25 bits per heavy atom. The average Bonchev–Trinajstić information content (AvgIpc) is 3.81. The van der Waals surface area contributed by atoms with Gasteiger partial charge in [0.25, 0.3) is 5.91 Å². The topological polar surface area (TPSA) is 191 Å². The first kappa shape index (κ1) is 52.2. The van der Waals surface area contributed by atoms with Crippen molar-refractivity contribution >= 4 is 17.7 Å². The first-order valence-corrected chi connectivity index (χ1v) is 24.1. The number of piperidine rings is 1. The predicted octanol–water partition coefficient (Wildman–Crippen LogP) is 6.28. The molecule has 16 heteroatoms. The smallest absolute Gasteiger partial charge is 0.289 e. The van der Waals surface area contributed by atoms with Crippen LogP contribution in [-0.4, -0.2) is 123 Å². The first-order valence-electron chi connectivity index (χ1n) is 24.1. The van der Waals surface area contributed by atoms with Gasteiger partial charge in [-0.15, -0.1) is 10.2 Å². The zero-order valence-corrected chi connectivity index (χ0v) is 40.4. The second kappa shape index (κ2) is 28.4. The highest BCUT2D eigenvalue weighted by Crippen LogP contribution is 2.40. The summed E-state index contributed by atoms with van der Waals surface area (Å²) in [6, 6.07) is 32.0. The Labute approximate surface area is 406 Å². The Morgan fingerprint density at radius 3 is 1.83 bits per heavy atom. The van der Waals surface area contributed by atoms with E-state index in [1.807, 2.05) is 89.8 Å². The Bertz CT molecular complexity index is 2320. The minimum atomic E-state index is -0.461. The number of hydrogen-bond acceptors (Lipinski definition) is 12. The van der Waals surface area contributed by atoms with Crippen molar-refractivity contribution in [3.63, 3.8) is 0 Å². The monoisotopic (exact) mass is 948 g/mol. The number of rotatable bonds is 29. The van der Waals surface area contributed by atoms with Gasteiger partial charge in [0.15, 0.2) is 5.82 Å². The molecule has 0 atom stereocenters. The van der Waals surface area contributed by atoms with Gasteiger partial charge in [0.2, 0.25) is 17.6 Å². The number of nitrogens with zero attached hydrogens (tertiary/aromatic N) is 4. The molecule has 370 valence electrons. The molecule has 0 radical (unpaired) electrons. The number of nitrogens with one attached hydrogen (secondary N) is 2. The molecule has 0 bridgehead atoms. The van der Waals surface area contributed by atoms with Crippen LogP contribution in [0.3, 0.4) is 0 Å². The maximum atomic E-state index is 14.1. The molecule has 0 spiro atoms. The van der Waals surface area contributed by atoms with E-state index in [1.165, 1.54) is 0 Å². The first-order chi connectivity index (χ1) is 33.7. The molecule has 1 aliphatic rings. The molecule has 0 unspecified atom stereocenters. The van der Waals surface area contributed by atoms with E-state index >= 15 is 0 Å². The summed E-state index contributed by atoms with van der Waals surface area (Å²) in [7, 11) is 0. The van der Waals surface area contributed by atoms with Gasteiger partial charge in [-0.2, -0.15) is 0 Å². The maximum Gasteiger partial charge on any atom is 0.289 e. The lowest BCUT2D eigenvalue weighted by molar-refractivity contribution is -0.130. The standard InChI is InChI=1S/C53H69N7O9/c1-39(2)46-35-47(49(69-38-44-12-8-5-9-13-44)36-48(46)68-37-43-10-6-4-7-11-43)51-57-58-52(60(51)45-16-14-41(15-17-45)34-42-18-24-59(25-19-42)40(3)61)53(63)56-23-22-55-50(62)20-26-64-28-30-66-32-33-67-31-29-65-27-21-54/h4-17,35-36,39,42H,18-34,37-38,54H2,1-3H3,(H,55,62)(H,56,63). The zero-order valence-electron chi connectivity index (χ0n) is 40.4. The normalized spacial score (nSPS) is 12.9. The van der Waals surface area contributed by atoms with Crippen molar-refractivity contribution in [2.75, 3.05) is 85.6 Å². The molecule has 3 amide bonds. The van der Waals surface area contributed by atoms with Crippen LogP contribution in [0.5, 0.6) is 11.5 Å². The third-order valence-corrected chi connectivity index (χ3v) is 11.7. The molecule has 1 aliphatic heterocycles. The highest BCUT2D eigenvalue weighted by Gasteiger charge is 2.27. The summed E-state index contributed by atoms with van der Waals surface area (Å²) in [5, 5.41) is 15.0. The van der Waals surface area contributed by atoms with E-state index < -0.39 is 5.91 Å². The summed E-state index contributed by atoms with van der Waals surface area (Å²) in [6.45, 7) is 12.2. The van der Waals surface area contributed by atoms with Crippen LogP contribution in [0.15, 0.2) is 97.1 Å². The Balaban J connectivity index is 1.16. The molecule has 4 aromatic carbocycles. The maximum absolute atomic E-state index is 14.1. The van der Waals surface area contributed by atoms with Crippen molar-refractivity contribution in [1.29, 1.82) is 0 Å². The van der Waals surface area contributed by atoms with E-state index in [0.29, 0.717) is 93.9 Å². The number of hydrogen-bond donors (Lipinski definition) is 3. The number of carbonyl (C=O) groups is 3. The summed E-state index contributed by atoms with van der Waals surface area (Å²) >= 11 is 0. The molecule has 2 heterocycles. The fraction of sp³-hybridized carbons (Fsp3) is 0.453. The molecule has 4 N–H and O–H groups in total. The Hall–Kier alpha value is -6.17. The van der Waals surface area contributed by atoms with Crippen LogP contribution in [0.1, 0.15) is 78.8 Å². The number of ether oxygens (including phenoxy) is 6. The van der Waals surface area contributed by atoms with Crippen molar-refractivity contribution in [2.24, 2.45) is 11.7 Å². The van der Waals surface area contributed by atoms with E-state index in [9.17, 15) is 14.4 Å². The molecule has 5 aromatic rings. The number of amides is 3. The van der Waals surface area contributed by atoms with Crippen LogP contribution in [0, 0.1) is 5.92 Å². The SMILES string of the molecule is CC(=O)N1CCC(Cc2ccc(-n3c(C(=O)NCCNC(=O)CCOCCOCCOCCOCCN)nnc3-c3cc(C(C)C)c(OCc4ccccc4)cc3OCc3ccccc3)cc2)CC1. The van der Waals surface area contributed by atoms with Gasteiger partial charge in [0, 0.05) is 57.8 Å². The fourth-order valence-corrected chi connectivity index (χ4v) is 7.89. The highest BCUT2D eigenvalue weighted by atomic mass is 16.6. The lowest BCUT2D eigenvalue weighted by Gasteiger charge is -2.31. The largest absolute Gasteiger partial charge is 0.488 e. The van der Waals surface area contributed by atoms with Gasteiger partial charge in [0.1, 0.15) is 24.7 Å². The lowest BCUT2D eigenvalue weighted by Crippen LogP contribution is -2.37. The van der Waals surface area contributed by atoms with Gasteiger partial charge < -0.3 is 49.7 Å². The molecule has 1 fully saturated rings. The second-order valence-electron chi connectivity index (χ2n) is 17.2. The van der Waals surface area contributed by atoms with Crippen LogP contribution in [-0.2, 0) is 48.2 Å². The van der Waals surface area contributed by atoms with Gasteiger partial charge in [0.05, 0.1) is 58.4 Å². The third kappa shape index (κ3) is 16.8. The van der Waals surface area contributed by atoms with Gasteiger partial charge in [-0.25, -0.2) is 0 Å². The molecular formula is C53H69N7O9. The summed E-state index contributed by atoms with van der Waals surface area (Å²) in [4.78, 5) is 40.6. The van der Waals surface area contributed by atoms with Crippen LogP contribution < -0.4 is 25.8 Å². The fourth-order valence-electron chi connectivity index (χ4n) is 7.89. The number of likely N-dealkylation sites (tertiary alicyclic amines) is 1. The van der Waals surface area contributed by atoms with Crippen LogP contribution in [0.4, 0.5) is 0 Å². The van der Waals surface area contributed by atoms with Crippen molar-refractivity contribution < 1.29 is 42.8 Å². The molecule has 1 saturated heterocycles. The van der Waals surface area contributed by atoms with Crippen molar-refractivity contribution in [3.8, 4) is 28.6 Å². The molecular weight excluding hydrogens is 879 g/mol. The highest BCUT2D eigenvalue weighted by molar-refractivity contribution is 5.92. The van der Waals surface area contributed by atoms with E-state index in [4.69, 9.17) is 39.3 Å². The minimum absolute atomic E-state index is 0.0584. The lowest BCUT2D eigenvalue weighted by atomic mass is 9.90. The molecule has 0 aliphatic carbocycles. The quantitative estimate of drug-likeness (QED) is 0.0456. The number of aromatic nitrogens is 3. The summed E-state index contributed by atoms with van der Waals surface area (Å²) < 4.78 is 36.6. The minimum Gasteiger partial charge on any atom is -0.488 e. The summed E-state index contributed by atoms with van der Waals surface area (Å²) in [5.41, 5.74) is 10.8. The number of carbonyl (C=O) groups excluding carboxylic acids is 3. The van der Waals surface area contributed by atoms with Crippen LogP contribution in [0.25, 0.3) is 17.1 Å². The third-order valence-electron chi connectivity index (χ3n) is 11.7. The Kier molecular flexibility index (Phi) is 21.5. The molecule has 0 saturated carbocycles. The van der Waals surface area contributed by atoms with Crippen LogP contribution in [0.2, 0.25) is 0 Å². The van der Waals surface area contributed by atoms with Gasteiger partial charge in [-0.3, -0.25) is 19.0 Å². The van der Waals surface area contributed by atoms with Crippen molar-refractivity contribution in [1.82, 2.24) is 30.3 Å². The van der Waals surface area contributed by atoms with E-state index in [0.717, 1.165) is 54.6 Å². The van der Waals surface area contributed by atoms with Gasteiger partial charge in [-0.1, -0.05) is 86.6 Å². The van der Waals surface area contributed by atoms with Crippen LogP contribution >= 0.6 is 0 Å². The summed E-state index contributed by atoms with van der Waals surface area (Å²) in [5.74, 6) is 1.67. The van der Waals surface area contributed by atoms with Crippen molar-refractivity contribution in [3.05, 3.63) is 125 Å².